The molecule has 1 aromatic carbocycles. The third-order valence-electron chi connectivity index (χ3n) is 5.13. The molecule has 0 saturated carbocycles. The molecule has 0 aromatic heterocycles. The first-order valence-corrected chi connectivity index (χ1v) is 9.27. The van der Waals surface area contributed by atoms with Crippen LogP contribution < -0.4 is 10.6 Å². The maximum Gasteiger partial charge on any atom is 0.264 e. The first-order chi connectivity index (χ1) is 12.9. The fourth-order valence-corrected chi connectivity index (χ4v) is 3.85. The van der Waals surface area contributed by atoms with Crippen molar-refractivity contribution in [1.29, 1.82) is 0 Å². The molecular formula is C21H24FN3O2. The van der Waals surface area contributed by atoms with Crippen molar-refractivity contribution in [3.8, 4) is 0 Å². The highest BCUT2D eigenvalue weighted by Gasteiger charge is 2.37. The zero-order valence-electron chi connectivity index (χ0n) is 15.5. The van der Waals surface area contributed by atoms with Crippen molar-refractivity contribution in [2.45, 2.75) is 44.5 Å². The Morgan fingerprint density at radius 2 is 2.07 bits per heavy atom. The van der Waals surface area contributed by atoms with Crippen LogP contribution in [0.3, 0.4) is 0 Å². The van der Waals surface area contributed by atoms with Crippen LogP contribution in [0.5, 0.6) is 0 Å². The van der Waals surface area contributed by atoms with E-state index >= 15 is 0 Å². The number of ether oxygens (including phenoxy) is 1. The lowest BCUT2D eigenvalue weighted by Crippen LogP contribution is -2.53. The van der Waals surface area contributed by atoms with Gasteiger partial charge in [0.15, 0.2) is 6.17 Å². The van der Waals surface area contributed by atoms with Gasteiger partial charge >= 0.3 is 0 Å². The Kier molecular flexibility index (Phi) is 4.52. The lowest BCUT2D eigenvalue weighted by atomic mass is 9.94. The summed E-state index contributed by atoms with van der Waals surface area (Å²) in [6.07, 6.45) is 8.73. The van der Waals surface area contributed by atoms with Crippen LogP contribution in [0.2, 0.25) is 0 Å². The van der Waals surface area contributed by atoms with Crippen molar-refractivity contribution in [3.05, 3.63) is 65.8 Å². The summed E-state index contributed by atoms with van der Waals surface area (Å²) in [7, 11) is 0. The van der Waals surface area contributed by atoms with E-state index in [2.05, 4.69) is 10.6 Å². The van der Waals surface area contributed by atoms with Crippen LogP contribution in [0.15, 0.2) is 54.4 Å². The molecule has 1 amide bonds. The van der Waals surface area contributed by atoms with Gasteiger partial charge in [-0.25, -0.2) is 4.39 Å². The van der Waals surface area contributed by atoms with Crippen LogP contribution in [-0.2, 0) is 9.53 Å². The van der Waals surface area contributed by atoms with E-state index in [1.165, 1.54) is 12.1 Å². The van der Waals surface area contributed by atoms with Crippen LogP contribution in [-0.4, -0.2) is 35.2 Å². The molecular weight excluding hydrogens is 345 g/mol. The van der Waals surface area contributed by atoms with Crippen LogP contribution in [0.1, 0.15) is 32.3 Å². The normalized spacial score (nSPS) is 26.0. The Bertz CT molecular complexity index is 826. The first-order valence-electron chi connectivity index (χ1n) is 9.27. The molecule has 1 aromatic rings. The minimum atomic E-state index is -0.535. The Hall–Kier alpha value is -2.60. The smallest absolute Gasteiger partial charge is 0.264 e. The fourth-order valence-electron chi connectivity index (χ4n) is 3.85. The number of rotatable bonds is 3. The van der Waals surface area contributed by atoms with Crippen molar-refractivity contribution in [3.63, 3.8) is 0 Å². The SMILES string of the molecule is CC1(C)CC(NC(=O)C2NC(c3ccc(F)cc3)=C3C=CC=CN32)CCO1. The lowest BCUT2D eigenvalue weighted by Gasteiger charge is -2.36. The molecule has 1 saturated heterocycles. The molecule has 0 radical (unpaired) electrons. The second-order valence-electron chi connectivity index (χ2n) is 7.73. The molecule has 0 bridgehead atoms. The van der Waals surface area contributed by atoms with Gasteiger partial charge in [0.1, 0.15) is 5.82 Å². The number of nitrogens with zero attached hydrogens (tertiary/aromatic N) is 1. The average molecular weight is 369 g/mol. The summed E-state index contributed by atoms with van der Waals surface area (Å²) in [6, 6.07) is 6.38. The molecule has 3 heterocycles. The molecule has 142 valence electrons. The molecule has 6 heteroatoms. The van der Waals surface area contributed by atoms with E-state index in [0.29, 0.717) is 6.61 Å². The molecule has 3 aliphatic rings. The highest BCUT2D eigenvalue weighted by atomic mass is 19.1. The van der Waals surface area contributed by atoms with E-state index in [9.17, 15) is 9.18 Å². The zero-order valence-corrected chi connectivity index (χ0v) is 15.5. The molecule has 3 aliphatic heterocycles. The van der Waals surface area contributed by atoms with Gasteiger partial charge in [-0.15, -0.1) is 0 Å². The van der Waals surface area contributed by atoms with Gasteiger partial charge in [0.2, 0.25) is 0 Å². The molecule has 0 aliphatic carbocycles. The number of amides is 1. The van der Waals surface area contributed by atoms with E-state index in [0.717, 1.165) is 29.8 Å². The third kappa shape index (κ3) is 3.62. The van der Waals surface area contributed by atoms with Gasteiger partial charge in [0, 0.05) is 18.8 Å². The lowest BCUT2D eigenvalue weighted by molar-refractivity contribution is -0.128. The number of hydrogen-bond acceptors (Lipinski definition) is 4. The van der Waals surface area contributed by atoms with Crippen LogP contribution >= 0.6 is 0 Å². The number of hydrogen-bond donors (Lipinski definition) is 2. The summed E-state index contributed by atoms with van der Waals surface area (Å²) in [4.78, 5) is 14.9. The number of carbonyl (C=O) groups excluding carboxylic acids is 1. The standard InChI is InChI=1S/C21H24FN3O2/c1-21(2)13-16(10-12-27-21)23-20(26)19-24-18(14-6-8-15(22)9-7-14)17-5-3-4-11-25(17)19/h3-9,11,16,19,24H,10,12-13H2,1-2H3,(H,23,26). The highest BCUT2D eigenvalue weighted by Crippen LogP contribution is 2.31. The number of halogens is 1. The van der Waals surface area contributed by atoms with E-state index in [1.807, 2.05) is 43.2 Å². The summed E-state index contributed by atoms with van der Waals surface area (Å²) in [5.41, 5.74) is 2.34. The van der Waals surface area contributed by atoms with E-state index < -0.39 is 6.17 Å². The van der Waals surface area contributed by atoms with Crippen molar-refractivity contribution < 1.29 is 13.9 Å². The maximum atomic E-state index is 13.3. The monoisotopic (exact) mass is 369 g/mol. The van der Waals surface area contributed by atoms with E-state index in [-0.39, 0.29) is 23.4 Å². The molecule has 0 spiro atoms. The van der Waals surface area contributed by atoms with E-state index in [4.69, 9.17) is 4.74 Å². The van der Waals surface area contributed by atoms with Gasteiger partial charge in [0.05, 0.1) is 17.0 Å². The number of allylic oxidation sites excluding steroid dienone is 3. The Morgan fingerprint density at radius 1 is 1.30 bits per heavy atom. The highest BCUT2D eigenvalue weighted by molar-refractivity contribution is 5.87. The maximum absolute atomic E-state index is 13.3. The van der Waals surface area contributed by atoms with Crippen molar-refractivity contribution in [1.82, 2.24) is 15.5 Å². The van der Waals surface area contributed by atoms with Gasteiger partial charge < -0.3 is 20.3 Å². The topological polar surface area (TPSA) is 53.6 Å². The molecule has 2 atom stereocenters. The molecule has 2 N–H and O–H groups in total. The second-order valence-corrected chi connectivity index (χ2v) is 7.73. The van der Waals surface area contributed by atoms with Crippen molar-refractivity contribution in [2.75, 3.05) is 6.61 Å². The quantitative estimate of drug-likeness (QED) is 0.860. The zero-order chi connectivity index (χ0) is 19.0. The summed E-state index contributed by atoms with van der Waals surface area (Å²) >= 11 is 0. The number of carbonyl (C=O) groups is 1. The van der Waals surface area contributed by atoms with Gasteiger partial charge in [-0.3, -0.25) is 4.79 Å². The predicted molar refractivity (Wildman–Crippen MR) is 102 cm³/mol. The minimum Gasteiger partial charge on any atom is -0.375 e. The van der Waals surface area contributed by atoms with Gasteiger partial charge in [-0.05, 0) is 68.7 Å². The van der Waals surface area contributed by atoms with Gasteiger partial charge in [-0.1, -0.05) is 6.08 Å². The summed E-state index contributed by atoms with van der Waals surface area (Å²) in [5, 5.41) is 6.48. The van der Waals surface area contributed by atoms with Crippen molar-refractivity contribution in [2.24, 2.45) is 0 Å². The first kappa shape index (κ1) is 17.8. The number of nitrogens with one attached hydrogen (secondary N) is 2. The third-order valence-corrected chi connectivity index (χ3v) is 5.13. The van der Waals surface area contributed by atoms with Crippen LogP contribution in [0, 0.1) is 5.82 Å². The van der Waals surface area contributed by atoms with Crippen molar-refractivity contribution >= 4 is 11.6 Å². The number of benzene rings is 1. The summed E-state index contributed by atoms with van der Waals surface area (Å²) in [5.74, 6) is -0.359. The van der Waals surface area contributed by atoms with Gasteiger partial charge in [-0.2, -0.15) is 0 Å². The molecule has 4 rings (SSSR count). The van der Waals surface area contributed by atoms with E-state index in [1.54, 1.807) is 12.1 Å². The molecule has 27 heavy (non-hydrogen) atoms. The molecule has 2 unspecified atom stereocenters. The number of fused-ring (bicyclic) bond motifs is 1. The van der Waals surface area contributed by atoms with Crippen LogP contribution in [0.25, 0.3) is 5.70 Å². The fraction of sp³-hybridized carbons (Fsp3) is 0.381. The van der Waals surface area contributed by atoms with Crippen LogP contribution in [0.4, 0.5) is 4.39 Å². The molecule has 5 nitrogen and oxygen atoms in total. The Morgan fingerprint density at radius 3 is 2.81 bits per heavy atom. The second kappa shape index (κ2) is 6.85. The Labute approximate surface area is 158 Å². The predicted octanol–water partition coefficient (Wildman–Crippen LogP) is 2.88. The van der Waals surface area contributed by atoms with Gasteiger partial charge in [0.25, 0.3) is 5.91 Å². The average Bonchev–Trinajstić information content (AvgIpc) is 3.01. The molecule has 1 fully saturated rings. The Balaban J connectivity index is 1.53. The largest absolute Gasteiger partial charge is 0.375 e. The minimum absolute atomic E-state index is 0.0766. The summed E-state index contributed by atoms with van der Waals surface area (Å²) in [6.45, 7) is 4.74. The summed E-state index contributed by atoms with van der Waals surface area (Å²) < 4.78 is 19.0.